The summed E-state index contributed by atoms with van der Waals surface area (Å²) in [6, 6.07) is 17.6. The molecular formula is C26H26BrN3O5. The highest BCUT2D eigenvalue weighted by Crippen LogP contribution is 2.28. The summed E-state index contributed by atoms with van der Waals surface area (Å²) < 4.78 is 17.2. The molecular weight excluding hydrogens is 514 g/mol. The molecule has 0 aliphatic rings. The number of hydrogen-bond donors (Lipinski definition) is 2. The van der Waals surface area contributed by atoms with Crippen molar-refractivity contribution in [3.8, 4) is 17.2 Å². The van der Waals surface area contributed by atoms with Crippen LogP contribution in [0.5, 0.6) is 17.2 Å². The number of carbonyl (C=O) groups excluding carboxylic acids is 2. The Morgan fingerprint density at radius 2 is 1.80 bits per heavy atom. The largest absolute Gasteiger partial charge is 0.493 e. The molecule has 2 amide bonds. The number of hydrazone groups is 1. The maximum atomic E-state index is 12.5. The first-order valence-electron chi connectivity index (χ1n) is 10.8. The molecule has 0 atom stereocenters. The van der Waals surface area contributed by atoms with Gasteiger partial charge >= 0.3 is 0 Å². The number of benzene rings is 3. The molecule has 2 N–H and O–H groups in total. The number of carbonyl (C=O) groups is 2. The Morgan fingerprint density at radius 1 is 1.00 bits per heavy atom. The van der Waals surface area contributed by atoms with Crippen molar-refractivity contribution in [3.05, 3.63) is 81.8 Å². The van der Waals surface area contributed by atoms with E-state index in [0.717, 1.165) is 10.0 Å². The summed E-state index contributed by atoms with van der Waals surface area (Å²) in [5, 5.41) is 6.84. The average molecular weight is 540 g/mol. The van der Waals surface area contributed by atoms with Crippen molar-refractivity contribution in [3.63, 3.8) is 0 Å². The molecule has 0 aliphatic carbocycles. The van der Waals surface area contributed by atoms with E-state index in [-0.39, 0.29) is 12.5 Å². The van der Waals surface area contributed by atoms with Crippen LogP contribution in [0.1, 0.15) is 28.4 Å². The summed E-state index contributed by atoms with van der Waals surface area (Å²) in [7, 11) is 1.53. The molecule has 0 fully saturated rings. The Hall–Kier alpha value is -3.85. The number of nitrogens with zero attached hydrogens (tertiary/aromatic N) is 1. The van der Waals surface area contributed by atoms with Crippen LogP contribution in [0, 0.1) is 6.92 Å². The summed E-state index contributed by atoms with van der Waals surface area (Å²) in [6.45, 7) is 4.05. The van der Waals surface area contributed by atoms with Crippen LogP contribution in [0.2, 0.25) is 0 Å². The van der Waals surface area contributed by atoms with Gasteiger partial charge in [0.15, 0.2) is 18.1 Å². The number of rotatable bonds is 10. The van der Waals surface area contributed by atoms with Gasteiger partial charge in [-0.25, -0.2) is 5.43 Å². The predicted octanol–water partition coefficient (Wildman–Crippen LogP) is 4.95. The number of halogens is 1. The van der Waals surface area contributed by atoms with Crippen molar-refractivity contribution in [2.75, 3.05) is 25.6 Å². The lowest BCUT2D eigenvalue weighted by Gasteiger charge is -2.11. The van der Waals surface area contributed by atoms with Crippen LogP contribution in [0.25, 0.3) is 0 Å². The minimum absolute atomic E-state index is 0.186. The van der Waals surface area contributed by atoms with E-state index >= 15 is 0 Å². The second-order valence-corrected chi connectivity index (χ2v) is 8.30. The van der Waals surface area contributed by atoms with E-state index in [1.165, 1.54) is 13.3 Å². The van der Waals surface area contributed by atoms with Crippen LogP contribution in [-0.2, 0) is 4.79 Å². The third kappa shape index (κ3) is 7.58. The number of methoxy groups -OCH3 is 1. The Labute approximate surface area is 212 Å². The number of hydrogen-bond acceptors (Lipinski definition) is 6. The van der Waals surface area contributed by atoms with E-state index < -0.39 is 5.91 Å². The lowest BCUT2D eigenvalue weighted by Crippen LogP contribution is -2.20. The maximum absolute atomic E-state index is 12.5. The molecule has 0 aliphatic heterocycles. The lowest BCUT2D eigenvalue weighted by molar-refractivity contribution is -0.118. The molecule has 0 radical (unpaired) electrons. The van der Waals surface area contributed by atoms with Gasteiger partial charge in [-0.1, -0.05) is 28.1 Å². The molecule has 0 heterocycles. The van der Waals surface area contributed by atoms with Crippen molar-refractivity contribution in [2.24, 2.45) is 5.10 Å². The van der Waals surface area contributed by atoms with Crippen LogP contribution < -0.4 is 25.0 Å². The second-order valence-electron chi connectivity index (χ2n) is 7.39. The van der Waals surface area contributed by atoms with E-state index in [9.17, 15) is 9.59 Å². The summed E-state index contributed by atoms with van der Waals surface area (Å²) >= 11 is 3.41. The molecule has 0 saturated carbocycles. The fourth-order valence-corrected chi connectivity index (χ4v) is 3.50. The highest BCUT2D eigenvalue weighted by molar-refractivity contribution is 9.10. The minimum Gasteiger partial charge on any atom is -0.493 e. The van der Waals surface area contributed by atoms with Gasteiger partial charge in [0, 0.05) is 21.3 Å². The molecule has 0 aromatic heterocycles. The van der Waals surface area contributed by atoms with Crippen LogP contribution in [-0.4, -0.2) is 38.4 Å². The van der Waals surface area contributed by atoms with Crippen molar-refractivity contribution in [1.29, 1.82) is 0 Å². The molecule has 0 bridgehead atoms. The van der Waals surface area contributed by atoms with Gasteiger partial charge in [0.1, 0.15) is 5.75 Å². The smallest absolute Gasteiger partial charge is 0.271 e. The normalized spacial score (nSPS) is 10.6. The van der Waals surface area contributed by atoms with Crippen LogP contribution in [0.15, 0.2) is 70.2 Å². The Morgan fingerprint density at radius 3 is 2.54 bits per heavy atom. The number of aryl methyl sites for hydroxylation is 1. The van der Waals surface area contributed by atoms with Crippen molar-refractivity contribution in [2.45, 2.75) is 13.8 Å². The molecule has 182 valence electrons. The summed E-state index contributed by atoms with van der Waals surface area (Å²) in [5.74, 6) is 0.736. The number of anilines is 1. The van der Waals surface area contributed by atoms with Gasteiger partial charge in [0.05, 0.1) is 19.9 Å². The molecule has 0 saturated heterocycles. The Bertz CT molecular complexity index is 1230. The average Bonchev–Trinajstić information content (AvgIpc) is 2.83. The van der Waals surface area contributed by atoms with Gasteiger partial charge in [-0.05, 0) is 67.9 Å². The molecule has 9 heteroatoms. The zero-order valence-electron chi connectivity index (χ0n) is 19.6. The predicted molar refractivity (Wildman–Crippen MR) is 139 cm³/mol. The topological polar surface area (TPSA) is 98.3 Å². The Balaban J connectivity index is 1.64. The highest BCUT2D eigenvalue weighted by Gasteiger charge is 2.11. The SMILES string of the molecule is CCOc1cc(C(=O)N/N=C/c2cc(Br)ccc2OCC(=O)Nc2cccc(C)c2)ccc1OC. The summed E-state index contributed by atoms with van der Waals surface area (Å²) in [4.78, 5) is 24.8. The fraction of sp³-hybridized carbons (Fsp3) is 0.192. The summed E-state index contributed by atoms with van der Waals surface area (Å²) in [5.41, 5.74) is 5.17. The molecule has 3 aromatic rings. The molecule has 3 rings (SSSR count). The van der Waals surface area contributed by atoms with E-state index in [2.05, 4.69) is 31.8 Å². The van der Waals surface area contributed by atoms with Gasteiger partial charge in [-0.15, -0.1) is 0 Å². The van der Waals surface area contributed by atoms with E-state index in [4.69, 9.17) is 14.2 Å². The molecule has 35 heavy (non-hydrogen) atoms. The highest BCUT2D eigenvalue weighted by atomic mass is 79.9. The van der Waals surface area contributed by atoms with Crippen molar-refractivity contribution in [1.82, 2.24) is 5.43 Å². The maximum Gasteiger partial charge on any atom is 0.271 e. The van der Waals surface area contributed by atoms with Crippen LogP contribution in [0.4, 0.5) is 5.69 Å². The van der Waals surface area contributed by atoms with E-state index in [0.29, 0.717) is 40.7 Å². The number of nitrogens with one attached hydrogen (secondary N) is 2. The molecule has 8 nitrogen and oxygen atoms in total. The van der Waals surface area contributed by atoms with Crippen LogP contribution >= 0.6 is 15.9 Å². The fourth-order valence-electron chi connectivity index (χ4n) is 3.13. The quantitative estimate of drug-likeness (QED) is 0.280. The van der Waals surface area contributed by atoms with Gasteiger partial charge in [0.2, 0.25) is 0 Å². The first-order chi connectivity index (χ1) is 16.9. The molecule has 0 unspecified atom stereocenters. The minimum atomic E-state index is -0.417. The molecule has 3 aromatic carbocycles. The molecule has 0 spiro atoms. The van der Waals surface area contributed by atoms with Crippen LogP contribution in [0.3, 0.4) is 0 Å². The summed E-state index contributed by atoms with van der Waals surface area (Å²) in [6.07, 6.45) is 1.45. The first kappa shape index (κ1) is 25.8. The van der Waals surface area contributed by atoms with Gasteiger partial charge < -0.3 is 19.5 Å². The Kier molecular flexibility index (Phi) is 9.25. The number of ether oxygens (including phenoxy) is 3. The van der Waals surface area contributed by atoms with Crippen molar-refractivity contribution < 1.29 is 23.8 Å². The van der Waals surface area contributed by atoms with Gasteiger partial charge in [0.25, 0.3) is 11.8 Å². The monoisotopic (exact) mass is 539 g/mol. The third-order valence-electron chi connectivity index (χ3n) is 4.73. The zero-order chi connectivity index (χ0) is 25.2. The standard InChI is InChI=1S/C26H26BrN3O5/c1-4-34-24-14-18(8-10-23(24)33-3)26(32)30-28-15-19-13-20(27)9-11-22(19)35-16-25(31)29-21-7-5-6-17(2)12-21/h5-15H,4,16H2,1-3H3,(H,29,31)(H,30,32)/b28-15+. The lowest BCUT2D eigenvalue weighted by atomic mass is 10.2. The van der Waals surface area contributed by atoms with Gasteiger partial charge in [-0.2, -0.15) is 5.10 Å². The first-order valence-corrected chi connectivity index (χ1v) is 11.6. The second kappa shape index (κ2) is 12.6. The van der Waals surface area contributed by atoms with Gasteiger partial charge in [-0.3, -0.25) is 9.59 Å². The van der Waals surface area contributed by atoms with E-state index in [1.54, 1.807) is 36.4 Å². The zero-order valence-corrected chi connectivity index (χ0v) is 21.2. The third-order valence-corrected chi connectivity index (χ3v) is 5.22. The van der Waals surface area contributed by atoms with E-state index in [1.807, 2.05) is 38.1 Å². The number of amides is 2. The van der Waals surface area contributed by atoms with Crippen molar-refractivity contribution >= 4 is 39.6 Å².